The largest absolute Gasteiger partial charge is 0.322 e. The molecule has 1 aliphatic carbocycles. The van der Waals surface area contributed by atoms with E-state index in [1.54, 1.807) is 6.07 Å². The lowest BCUT2D eigenvalue weighted by Crippen LogP contribution is -2.05. The highest BCUT2D eigenvalue weighted by Gasteiger charge is 1.97. The van der Waals surface area contributed by atoms with Crippen molar-refractivity contribution in [2.45, 2.75) is 6.42 Å². The minimum Gasteiger partial charge on any atom is -0.322 e. The van der Waals surface area contributed by atoms with Crippen LogP contribution in [0.3, 0.4) is 0 Å². The van der Waals surface area contributed by atoms with Gasteiger partial charge in [0.2, 0.25) is 5.56 Å². The first kappa shape index (κ1) is 7.10. The molecule has 1 aromatic heterocycles. The van der Waals surface area contributed by atoms with Gasteiger partial charge in [-0.25, -0.2) is 0 Å². The zero-order chi connectivity index (χ0) is 8.39. The predicted molar refractivity (Wildman–Crippen MR) is 49.7 cm³/mol. The standard InChI is InChI=1S/C10H9NO/c12-10-7-6-8-4-2-1-3-5-9(8)11-10/h2-7H,1H2,(H,11,12). The van der Waals surface area contributed by atoms with Crippen molar-refractivity contribution < 1.29 is 0 Å². The highest BCUT2D eigenvalue weighted by atomic mass is 16.1. The predicted octanol–water partition coefficient (Wildman–Crippen LogP) is 1.80. The number of hydrogen-bond donors (Lipinski definition) is 1. The Balaban J connectivity index is 2.66. The molecule has 1 heterocycles. The molecule has 0 saturated heterocycles. The lowest BCUT2D eigenvalue weighted by atomic mass is 10.2. The average Bonchev–Trinajstić information content (AvgIpc) is 2.28. The van der Waals surface area contributed by atoms with E-state index in [2.05, 4.69) is 11.1 Å². The van der Waals surface area contributed by atoms with Crippen molar-refractivity contribution in [1.29, 1.82) is 0 Å². The van der Waals surface area contributed by atoms with Crippen molar-refractivity contribution in [1.82, 2.24) is 4.98 Å². The molecular weight excluding hydrogens is 150 g/mol. The number of allylic oxidation sites excluding steroid dienone is 2. The number of aromatic amines is 1. The Morgan fingerprint density at radius 3 is 2.92 bits per heavy atom. The molecule has 0 aromatic carbocycles. The maximum absolute atomic E-state index is 10.9. The SMILES string of the molecule is O=c1ccc2c([nH]1)C=CCC=C2. The molecule has 0 amide bonds. The smallest absolute Gasteiger partial charge is 0.248 e. The number of rotatable bonds is 0. The van der Waals surface area contributed by atoms with Gasteiger partial charge in [0.15, 0.2) is 0 Å². The van der Waals surface area contributed by atoms with E-state index < -0.39 is 0 Å². The lowest BCUT2D eigenvalue weighted by Gasteiger charge is -1.96. The molecule has 1 aliphatic rings. The molecular formula is C10H9NO. The molecule has 2 rings (SSSR count). The second-order valence-electron chi connectivity index (χ2n) is 2.73. The normalized spacial score (nSPS) is 14.0. The van der Waals surface area contributed by atoms with Gasteiger partial charge in [-0.15, -0.1) is 0 Å². The summed E-state index contributed by atoms with van der Waals surface area (Å²) in [5.74, 6) is 0. The van der Waals surface area contributed by atoms with Gasteiger partial charge in [0, 0.05) is 11.8 Å². The number of H-pyrrole nitrogens is 1. The fourth-order valence-electron chi connectivity index (χ4n) is 1.24. The van der Waals surface area contributed by atoms with Gasteiger partial charge in [-0.1, -0.05) is 18.2 Å². The van der Waals surface area contributed by atoms with Crippen LogP contribution < -0.4 is 5.56 Å². The van der Waals surface area contributed by atoms with Crippen LogP contribution in [0.15, 0.2) is 29.1 Å². The van der Waals surface area contributed by atoms with E-state index in [0.717, 1.165) is 17.7 Å². The van der Waals surface area contributed by atoms with E-state index in [1.165, 1.54) is 0 Å². The molecule has 0 aliphatic heterocycles. The maximum atomic E-state index is 10.9. The van der Waals surface area contributed by atoms with Gasteiger partial charge in [0.1, 0.15) is 0 Å². The number of hydrogen-bond acceptors (Lipinski definition) is 1. The van der Waals surface area contributed by atoms with E-state index in [4.69, 9.17) is 0 Å². The van der Waals surface area contributed by atoms with Crippen LogP contribution in [0.25, 0.3) is 12.2 Å². The second-order valence-corrected chi connectivity index (χ2v) is 2.73. The van der Waals surface area contributed by atoms with Crippen molar-refractivity contribution in [3.63, 3.8) is 0 Å². The Morgan fingerprint density at radius 2 is 2.00 bits per heavy atom. The second kappa shape index (κ2) is 2.81. The summed E-state index contributed by atoms with van der Waals surface area (Å²) >= 11 is 0. The minimum atomic E-state index is -0.0475. The van der Waals surface area contributed by atoms with Crippen molar-refractivity contribution >= 4 is 12.2 Å². The Labute approximate surface area is 70.3 Å². The fourth-order valence-corrected chi connectivity index (χ4v) is 1.24. The van der Waals surface area contributed by atoms with Gasteiger partial charge in [0.05, 0.1) is 0 Å². The highest BCUT2D eigenvalue weighted by molar-refractivity contribution is 5.64. The summed E-state index contributed by atoms with van der Waals surface area (Å²) in [4.78, 5) is 13.7. The third-order valence-corrected chi connectivity index (χ3v) is 1.84. The molecule has 0 unspecified atom stereocenters. The molecule has 0 saturated carbocycles. The third-order valence-electron chi connectivity index (χ3n) is 1.84. The van der Waals surface area contributed by atoms with E-state index in [1.807, 2.05) is 24.3 Å². The molecule has 12 heavy (non-hydrogen) atoms. The summed E-state index contributed by atoms with van der Waals surface area (Å²) in [7, 11) is 0. The van der Waals surface area contributed by atoms with Crippen LogP contribution in [0.4, 0.5) is 0 Å². The van der Waals surface area contributed by atoms with E-state index in [9.17, 15) is 4.79 Å². The topological polar surface area (TPSA) is 32.9 Å². The summed E-state index contributed by atoms with van der Waals surface area (Å²) in [6, 6.07) is 3.38. The van der Waals surface area contributed by atoms with Crippen LogP contribution in [0.5, 0.6) is 0 Å². The summed E-state index contributed by atoms with van der Waals surface area (Å²) in [6.45, 7) is 0. The van der Waals surface area contributed by atoms with Crippen LogP contribution >= 0.6 is 0 Å². The highest BCUT2D eigenvalue weighted by Crippen LogP contribution is 2.12. The van der Waals surface area contributed by atoms with Gasteiger partial charge in [-0.2, -0.15) is 0 Å². The van der Waals surface area contributed by atoms with Crippen molar-refractivity contribution in [3.8, 4) is 0 Å². The molecule has 1 aromatic rings. The Morgan fingerprint density at radius 1 is 1.17 bits per heavy atom. The zero-order valence-corrected chi connectivity index (χ0v) is 6.58. The van der Waals surface area contributed by atoms with Crippen LogP contribution in [0.2, 0.25) is 0 Å². The molecule has 0 atom stereocenters. The minimum absolute atomic E-state index is 0.0475. The quantitative estimate of drug-likeness (QED) is 0.615. The maximum Gasteiger partial charge on any atom is 0.248 e. The van der Waals surface area contributed by atoms with Crippen molar-refractivity contribution in [2.24, 2.45) is 0 Å². The first-order valence-electron chi connectivity index (χ1n) is 3.93. The molecule has 2 heteroatoms. The van der Waals surface area contributed by atoms with Crippen LogP contribution in [0, 0.1) is 0 Å². The summed E-state index contributed by atoms with van der Waals surface area (Å²) < 4.78 is 0. The van der Waals surface area contributed by atoms with Gasteiger partial charge < -0.3 is 4.98 Å². The summed E-state index contributed by atoms with van der Waals surface area (Å²) in [6.07, 6.45) is 8.98. The molecule has 60 valence electrons. The van der Waals surface area contributed by atoms with Gasteiger partial charge in [-0.3, -0.25) is 4.79 Å². The van der Waals surface area contributed by atoms with Gasteiger partial charge >= 0.3 is 0 Å². The number of aromatic nitrogens is 1. The zero-order valence-electron chi connectivity index (χ0n) is 6.58. The Bertz CT molecular complexity index is 399. The van der Waals surface area contributed by atoms with Crippen LogP contribution in [-0.2, 0) is 0 Å². The van der Waals surface area contributed by atoms with E-state index in [0.29, 0.717) is 0 Å². The van der Waals surface area contributed by atoms with E-state index >= 15 is 0 Å². The molecule has 0 fully saturated rings. The fraction of sp³-hybridized carbons (Fsp3) is 0.100. The van der Waals surface area contributed by atoms with Gasteiger partial charge in [-0.05, 0) is 24.1 Å². The molecule has 0 bridgehead atoms. The number of pyridine rings is 1. The lowest BCUT2D eigenvalue weighted by molar-refractivity contribution is 1.21. The summed E-state index contributed by atoms with van der Waals surface area (Å²) in [5, 5.41) is 0. The Hall–Kier alpha value is -1.57. The first-order chi connectivity index (χ1) is 5.86. The molecule has 0 spiro atoms. The third kappa shape index (κ3) is 1.23. The molecule has 2 nitrogen and oxygen atoms in total. The monoisotopic (exact) mass is 159 g/mol. The van der Waals surface area contributed by atoms with Crippen LogP contribution in [0.1, 0.15) is 17.7 Å². The number of fused-ring (bicyclic) bond motifs is 1. The van der Waals surface area contributed by atoms with Crippen molar-refractivity contribution in [2.75, 3.05) is 0 Å². The molecule has 0 radical (unpaired) electrons. The average molecular weight is 159 g/mol. The molecule has 1 N–H and O–H groups in total. The van der Waals surface area contributed by atoms with E-state index in [-0.39, 0.29) is 5.56 Å². The Kier molecular flexibility index (Phi) is 1.67. The van der Waals surface area contributed by atoms with Crippen LogP contribution in [-0.4, -0.2) is 4.98 Å². The summed E-state index contributed by atoms with van der Waals surface area (Å²) in [5.41, 5.74) is 1.92. The van der Waals surface area contributed by atoms with Gasteiger partial charge in [0.25, 0.3) is 0 Å². The van der Waals surface area contributed by atoms with Crippen molar-refractivity contribution in [3.05, 3.63) is 45.9 Å². The first-order valence-corrected chi connectivity index (χ1v) is 3.93. The number of nitrogens with one attached hydrogen (secondary N) is 1.